The Morgan fingerprint density at radius 3 is 2.56 bits per heavy atom. The summed E-state index contributed by atoms with van der Waals surface area (Å²) < 4.78 is 21.2. The number of benzene rings is 1. The molecule has 10 heteroatoms. The van der Waals surface area contributed by atoms with Crippen LogP contribution in [0.2, 0.25) is 0 Å². The highest BCUT2D eigenvalue weighted by molar-refractivity contribution is 5.87. The highest BCUT2D eigenvalue weighted by Gasteiger charge is 2.30. The standard InChI is InChI=1S/C22H30FN5O4/c1-22(2,3)32-21(29)25-9-6-17(7-10-25)27-13-15-11-20(28(30)31)19(12-18(15)24-27)26-8-4-5-16(23)14-26/h11-13,16-17H,4-10,14H2,1-3H3. The minimum atomic E-state index is -0.980. The Hall–Kier alpha value is -2.91. The fraction of sp³-hybridized carbons (Fsp3) is 0.636. The van der Waals surface area contributed by atoms with E-state index in [0.29, 0.717) is 49.1 Å². The molecule has 0 spiro atoms. The molecule has 0 aliphatic carbocycles. The molecule has 3 heterocycles. The summed E-state index contributed by atoms with van der Waals surface area (Å²) in [5.74, 6) is 0. The number of hydrogen-bond donors (Lipinski definition) is 0. The predicted molar refractivity (Wildman–Crippen MR) is 119 cm³/mol. The fourth-order valence-electron chi connectivity index (χ4n) is 4.44. The van der Waals surface area contributed by atoms with E-state index >= 15 is 0 Å². The van der Waals surface area contributed by atoms with Crippen LogP contribution in [0.5, 0.6) is 0 Å². The highest BCUT2D eigenvalue weighted by atomic mass is 19.1. The third-order valence-corrected chi connectivity index (χ3v) is 6.01. The Morgan fingerprint density at radius 2 is 1.94 bits per heavy atom. The number of aromatic nitrogens is 2. The van der Waals surface area contributed by atoms with Crippen LogP contribution in [0.25, 0.3) is 10.9 Å². The third-order valence-electron chi connectivity index (χ3n) is 6.01. The molecule has 4 rings (SSSR count). The number of alkyl halides is 1. The lowest BCUT2D eigenvalue weighted by atomic mass is 10.1. The first kappa shape index (κ1) is 22.3. The van der Waals surface area contributed by atoms with Crippen molar-refractivity contribution in [1.82, 2.24) is 14.7 Å². The van der Waals surface area contributed by atoms with Crippen LogP contribution in [0.4, 0.5) is 20.6 Å². The maximum absolute atomic E-state index is 13.9. The van der Waals surface area contributed by atoms with Crippen molar-refractivity contribution < 1.29 is 18.8 Å². The number of nitro groups is 1. The number of amides is 1. The molecular weight excluding hydrogens is 417 g/mol. The maximum atomic E-state index is 13.9. The molecule has 2 aromatic rings. The Morgan fingerprint density at radius 1 is 1.22 bits per heavy atom. The number of hydrogen-bond acceptors (Lipinski definition) is 6. The largest absolute Gasteiger partial charge is 0.444 e. The topological polar surface area (TPSA) is 93.7 Å². The molecule has 0 bridgehead atoms. The quantitative estimate of drug-likeness (QED) is 0.510. The van der Waals surface area contributed by atoms with Crippen molar-refractivity contribution in [2.24, 2.45) is 0 Å². The number of halogens is 1. The summed E-state index contributed by atoms with van der Waals surface area (Å²) in [5, 5.41) is 17.1. The molecule has 1 amide bonds. The number of nitrogens with zero attached hydrogens (tertiary/aromatic N) is 5. The maximum Gasteiger partial charge on any atom is 0.410 e. The van der Waals surface area contributed by atoms with Crippen LogP contribution in [0.3, 0.4) is 0 Å². The van der Waals surface area contributed by atoms with Gasteiger partial charge in [0.2, 0.25) is 0 Å². The number of rotatable bonds is 3. The van der Waals surface area contributed by atoms with Gasteiger partial charge in [-0.2, -0.15) is 5.10 Å². The van der Waals surface area contributed by atoms with Gasteiger partial charge in [-0.15, -0.1) is 0 Å². The molecule has 1 atom stereocenters. The molecule has 0 radical (unpaired) electrons. The van der Waals surface area contributed by atoms with E-state index in [-0.39, 0.29) is 24.4 Å². The van der Waals surface area contributed by atoms with E-state index < -0.39 is 16.7 Å². The van der Waals surface area contributed by atoms with Crippen molar-refractivity contribution >= 4 is 28.4 Å². The summed E-state index contributed by atoms with van der Waals surface area (Å²) in [5.41, 5.74) is 0.526. The first-order valence-corrected chi connectivity index (χ1v) is 11.1. The van der Waals surface area contributed by atoms with Crippen LogP contribution in [0.15, 0.2) is 18.3 Å². The number of carbonyl (C=O) groups excluding carboxylic acids is 1. The van der Waals surface area contributed by atoms with Gasteiger partial charge in [0.15, 0.2) is 0 Å². The minimum absolute atomic E-state index is 0.0223. The summed E-state index contributed by atoms with van der Waals surface area (Å²) in [6.07, 6.45) is 3.13. The van der Waals surface area contributed by atoms with Crippen LogP contribution in [0.1, 0.15) is 52.5 Å². The Bertz CT molecular complexity index is 1010. The molecule has 2 aliphatic heterocycles. The van der Waals surface area contributed by atoms with E-state index in [1.54, 1.807) is 15.9 Å². The van der Waals surface area contributed by atoms with Crippen molar-refractivity contribution in [3.63, 3.8) is 0 Å². The van der Waals surface area contributed by atoms with E-state index in [1.807, 2.05) is 31.6 Å². The molecule has 32 heavy (non-hydrogen) atoms. The molecular formula is C22H30FN5O4. The number of nitro benzene ring substituents is 1. The highest BCUT2D eigenvalue weighted by Crippen LogP contribution is 2.35. The SMILES string of the molecule is CC(C)(C)OC(=O)N1CCC(n2cc3cc([N+](=O)[O-])c(N4CCCC(F)C4)cc3n2)CC1. The van der Waals surface area contributed by atoms with E-state index in [1.165, 1.54) is 6.07 Å². The van der Waals surface area contributed by atoms with Gasteiger partial charge in [-0.25, -0.2) is 9.18 Å². The van der Waals surface area contributed by atoms with Gasteiger partial charge in [0.1, 0.15) is 17.5 Å². The van der Waals surface area contributed by atoms with Crippen molar-refractivity contribution in [2.75, 3.05) is 31.1 Å². The van der Waals surface area contributed by atoms with E-state index in [0.717, 1.165) is 12.8 Å². The van der Waals surface area contributed by atoms with Crippen molar-refractivity contribution in [3.05, 3.63) is 28.4 Å². The second-order valence-electron chi connectivity index (χ2n) is 9.65. The second kappa shape index (κ2) is 8.55. The molecule has 2 saturated heterocycles. The summed E-state index contributed by atoms with van der Waals surface area (Å²) >= 11 is 0. The van der Waals surface area contributed by atoms with Crippen LogP contribution < -0.4 is 4.90 Å². The van der Waals surface area contributed by atoms with Crippen LogP contribution >= 0.6 is 0 Å². The summed E-state index contributed by atoms with van der Waals surface area (Å²) in [4.78, 5) is 27.1. The number of fused-ring (bicyclic) bond motifs is 1. The molecule has 0 saturated carbocycles. The number of likely N-dealkylation sites (tertiary alicyclic amines) is 1. The molecule has 2 aliphatic rings. The van der Waals surface area contributed by atoms with Crippen molar-refractivity contribution in [2.45, 2.75) is 64.3 Å². The summed E-state index contributed by atoms with van der Waals surface area (Å²) in [7, 11) is 0. The summed E-state index contributed by atoms with van der Waals surface area (Å²) in [6, 6.07) is 3.33. The van der Waals surface area contributed by atoms with Gasteiger partial charge in [-0.3, -0.25) is 14.8 Å². The van der Waals surface area contributed by atoms with Gasteiger partial charge in [-0.05, 0) is 52.5 Å². The van der Waals surface area contributed by atoms with E-state index in [4.69, 9.17) is 4.74 Å². The fourth-order valence-corrected chi connectivity index (χ4v) is 4.44. The monoisotopic (exact) mass is 447 g/mol. The molecule has 174 valence electrons. The van der Waals surface area contributed by atoms with E-state index in [2.05, 4.69) is 5.10 Å². The number of anilines is 1. The van der Waals surface area contributed by atoms with Crippen molar-refractivity contribution in [3.8, 4) is 0 Å². The lowest BCUT2D eigenvalue weighted by Crippen LogP contribution is -2.42. The Balaban J connectivity index is 1.53. The van der Waals surface area contributed by atoms with Gasteiger partial charge in [0, 0.05) is 43.8 Å². The van der Waals surface area contributed by atoms with Crippen molar-refractivity contribution in [1.29, 1.82) is 0 Å². The van der Waals surface area contributed by atoms with Gasteiger partial charge >= 0.3 is 6.09 Å². The van der Waals surface area contributed by atoms with Gasteiger partial charge in [0.05, 0.1) is 16.5 Å². The van der Waals surface area contributed by atoms with Gasteiger partial charge < -0.3 is 14.5 Å². The Labute approximate surface area is 186 Å². The predicted octanol–water partition coefficient (Wildman–Crippen LogP) is 4.45. The van der Waals surface area contributed by atoms with Crippen LogP contribution in [0, 0.1) is 10.1 Å². The number of piperidine rings is 2. The van der Waals surface area contributed by atoms with Crippen LogP contribution in [-0.2, 0) is 4.74 Å². The minimum Gasteiger partial charge on any atom is -0.444 e. The second-order valence-corrected chi connectivity index (χ2v) is 9.65. The Kier molecular flexibility index (Phi) is 5.96. The molecule has 9 nitrogen and oxygen atoms in total. The van der Waals surface area contributed by atoms with Crippen LogP contribution in [-0.4, -0.2) is 63.6 Å². The molecule has 1 unspecified atom stereocenters. The zero-order valence-corrected chi connectivity index (χ0v) is 18.8. The zero-order chi connectivity index (χ0) is 23.0. The average molecular weight is 448 g/mol. The number of ether oxygens (including phenoxy) is 1. The molecule has 0 N–H and O–H groups in total. The lowest BCUT2D eigenvalue weighted by molar-refractivity contribution is -0.384. The first-order valence-electron chi connectivity index (χ1n) is 11.1. The number of carbonyl (C=O) groups is 1. The first-order chi connectivity index (χ1) is 15.1. The molecule has 1 aromatic carbocycles. The lowest BCUT2D eigenvalue weighted by Gasteiger charge is -2.33. The smallest absolute Gasteiger partial charge is 0.410 e. The normalized spacial score (nSPS) is 20.6. The zero-order valence-electron chi connectivity index (χ0n) is 18.8. The van der Waals surface area contributed by atoms with Gasteiger partial charge in [-0.1, -0.05) is 0 Å². The summed E-state index contributed by atoms with van der Waals surface area (Å²) in [6.45, 7) is 7.42. The van der Waals surface area contributed by atoms with E-state index in [9.17, 15) is 19.3 Å². The average Bonchev–Trinajstić information content (AvgIpc) is 3.15. The molecule has 2 fully saturated rings. The molecule has 1 aromatic heterocycles. The van der Waals surface area contributed by atoms with Gasteiger partial charge in [0.25, 0.3) is 5.69 Å². The third kappa shape index (κ3) is 4.78.